The first-order valence-electron chi connectivity index (χ1n) is 9.44. The van der Waals surface area contributed by atoms with Gasteiger partial charge in [0.15, 0.2) is 0 Å². The van der Waals surface area contributed by atoms with E-state index >= 15 is 0 Å². The van der Waals surface area contributed by atoms with Crippen molar-refractivity contribution in [1.82, 2.24) is 4.90 Å². The first kappa shape index (κ1) is 26.0. The van der Waals surface area contributed by atoms with Crippen LogP contribution in [0.15, 0.2) is 24.3 Å². The Morgan fingerprint density at radius 2 is 1.72 bits per heavy atom. The minimum absolute atomic E-state index is 0. The summed E-state index contributed by atoms with van der Waals surface area (Å²) in [7, 11) is 1.41. The Kier molecular flexibility index (Phi) is 9.70. The fourth-order valence-corrected chi connectivity index (χ4v) is 4.86. The van der Waals surface area contributed by atoms with Crippen LogP contribution in [0.3, 0.4) is 0 Å². The van der Waals surface area contributed by atoms with Crippen molar-refractivity contribution < 1.29 is 14.3 Å². The molecule has 4 N–H and O–H groups in total. The third kappa shape index (κ3) is 5.36. The maximum atomic E-state index is 13.0. The summed E-state index contributed by atoms with van der Waals surface area (Å²) in [5.41, 5.74) is 12.3. The van der Waals surface area contributed by atoms with E-state index < -0.39 is 5.41 Å². The van der Waals surface area contributed by atoms with Crippen LogP contribution in [0.5, 0.6) is 0 Å². The highest BCUT2D eigenvalue weighted by atomic mass is 35.5. The van der Waals surface area contributed by atoms with Crippen molar-refractivity contribution >= 4 is 48.3 Å². The standard InChI is InChI=1S/C20H28ClN3O3.2ClH/c1-27-19(26)20(12-23)7-15-10-24(11-16(15)8-20)18(25)14(9-22)6-13-2-4-17(21)5-3-13;;/h2-5,14-16H,6-12,22-23H2,1H3;2*1H. The molecule has 1 aliphatic carbocycles. The maximum Gasteiger partial charge on any atom is 0.313 e. The topological polar surface area (TPSA) is 98.6 Å². The van der Waals surface area contributed by atoms with Gasteiger partial charge in [0.2, 0.25) is 5.91 Å². The summed E-state index contributed by atoms with van der Waals surface area (Å²) in [5.74, 6) is 0.221. The number of likely N-dealkylation sites (tertiary alicyclic amines) is 1. The van der Waals surface area contributed by atoms with Gasteiger partial charge in [-0.05, 0) is 48.8 Å². The molecule has 1 aromatic rings. The predicted molar refractivity (Wildman–Crippen MR) is 118 cm³/mol. The summed E-state index contributed by atoms with van der Waals surface area (Å²) in [6.45, 7) is 1.93. The molecule has 9 heteroatoms. The second-order valence-electron chi connectivity index (χ2n) is 7.91. The fourth-order valence-electron chi connectivity index (χ4n) is 4.74. The number of nitrogens with zero attached hydrogens (tertiary/aromatic N) is 1. The van der Waals surface area contributed by atoms with E-state index in [1.54, 1.807) is 0 Å². The number of ether oxygens (including phenoxy) is 1. The number of benzene rings is 1. The number of methoxy groups -OCH3 is 1. The van der Waals surface area contributed by atoms with E-state index in [1.807, 2.05) is 29.2 Å². The molecule has 1 saturated heterocycles. The van der Waals surface area contributed by atoms with Gasteiger partial charge in [-0.15, -0.1) is 24.8 Å². The lowest BCUT2D eigenvalue weighted by atomic mass is 9.84. The first-order valence-corrected chi connectivity index (χ1v) is 9.82. The normalized spacial score (nSPS) is 26.1. The van der Waals surface area contributed by atoms with E-state index in [4.69, 9.17) is 27.8 Å². The molecule has 1 aliphatic heterocycles. The lowest BCUT2D eigenvalue weighted by molar-refractivity contribution is -0.152. The highest BCUT2D eigenvalue weighted by Gasteiger charge is 2.53. The van der Waals surface area contributed by atoms with Crippen molar-refractivity contribution in [3.63, 3.8) is 0 Å². The van der Waals surface area contributed by atoms with Crippen LogP contribution in [-0.4, -0.2) is 50.1 Å². The number of amides is 1. The van der Waals surface area contributed by atoms with E-state index in [1.165, 1.54) is 7.11 Å². The van der Waals surface area contributed by atoms with Crippen molar-refractivity contribution in [2.75, 3.05) is 33.3 Å². The van der Waals surface area contributed by atoms with Gasteiger partial charge in [0.05, 0.1) is 18.4 Å². The number of carbonyl (C=O) groups excluding carboxylic acids is 2. The molecule has 164 valence electrons. The minimum Gasteiger partial charge on any atom is -0.469 e. The minimum atomic E-state index is -0.588. The molecule has 29 heavy (non-hydrogen) atoms. The number of carbonyl (C=O) groups is 2. The average Bonchev–Trinajstić information content (AvgIpc) is 3.23. The van der Waals surface area contributed by atoms with Gasteiger partial charge in [0.1, 0.15) is 0 Å². The average molecular weight is 467 g/mol. The predicted octanol–water partition coefficient (Wildman–Crippen LogP) is 2.29. The van der Waals surface area contributed by atoms with Crippen LogP contribution in [0, 0.1) is 23.2 Å². The summed E-state index contributed by atoms with van der Waals surface area (Å²) < 4.78 is 4.97. The van der Waals surface area contributed by atoms with E-state index in [0.717, 1.165) is 5.56 Å². The summed E-state index contributed by atoms with van der Waals surface area (Å²) in [5, 5.41) is 0.677. The van der Waals surface area contributed by atoms with Gasteiger partial charge in [-0.2, -0.15) is 0 Å². The number of rotatable bonds is 6. The Balaban J connectivity index is 0.00000210. The number of nitrogens with two attached hydrogens (primary N) is 2. The lowest BCUT2D eigenvalue weighted by Gasteiger charge is -2.28. The molecule has 2 aliphatic rings. The maximum absolute atomic E-state index is 13.0. The SMILES string of the molecule is COC(=O)C1(CN)CC2CN(C(=O)C(CN)Cc3ccc(Cl)cc3)CC2C1.Cl.Cl. The van der Waals surface area contributed by atoms with Gasteiger partial charge in [0, 0.05) is 31.2 Å². The Morgan fingerprint density at radius 1 is 1.17 bits per heavy atom. The zero-order valence-electron chi connectivity index (χ0n) is 16.5. The van der Waals surface area contributed by atoms with E-state index in [2.05, 4.69) is 0 Å². The number of hydrogen-bond donors (Lipinski definition) is 2. The van der Waals surface area contributed by atoms with Crippen molar-refractivity contribution in [1.29, 1.82) is 0 Å². The van der Waals surface area contributed by atoms with Crippen LogP contribution in [0.2, 0.25) is 5.02 Å². The highest BCUT2D eigenvalue weighted by molar-refractivity contribution is 6.30. The Bertz CT molecular complexity index is 688. The molecule has 0 bridgehead atoms. The molecule has 3 atom stereocenters. The number of fused-ring (bicyclic) bond motifs is 1. The zero-order valence-corrected chi connectivity index (χ0v) is 18.9. The molecule has 0 aromatic heterocycles. The van der Waals surface area contributed by atoms with E-state index in [9.17, 15) is 9.59 Å². The zero-order chi connectivity index (χ0) is 19.6. The van der Waals surface area contributed by atoms with E-state index in [0.29, 0.717) is 62.3 Å². The van der Waals surface area contributed by atoms with Crippen molar-refractivity contribution in [2.24, 2.45) is 34.6 Å². The monoisotopic (exact) mass is 465 g/mol. The van der Waals surface area contributed by atoms with Gasteiger partial charge in [-0.25, -0.2) is 0 Å². The molecule has 1 saturated carbocycles. The molecule has 1 amide bonds. The molecule has 2 fully saturated rings. The van der Waals surface area contributed by atoms with Gasteiger partial charge in [-0.1, -0.05) is 23.7 Å². The molecule has 0 spiro atoms. The quantitative estimate of drug-likeness (QED) is 0.627. The highest BCUT2D eigenvalue weighted by Crippen LogP contribution is 2.49. The second kappa shape index (κ2) is 10.8. The second-order valence-corrected chi connectivity index (χ2v) is 8.35. The van der Waals surface area contributed by atoms with Crippen molar-refractivity contribution in [3.05, 3.63) is 34.9 Å². The van der Waals surface area contributed by atoms with Gasteiger partial charge < -0.3 is 21.1 Å². The summed E-state index contributed by atoms with van der Waals surface area (Å²) in [6, 6.07) is 7.52. The molecule has 1 heterocycles. The lowest BCUT2D eigenvalue weighted by Crippen LogP contribution is -2.42. The Hall–Kier alpha value is -1.05. The molecule has 0 radical (unpaired) electrons. The molecular formula is C20H30Cl3N3O3. The van der Waals surface area contributed by atoms with Crippen molar-refractivity contribution in [2.45, 2.75) is 19.3 Å². The summed E-state index contributed by atoms with van der Waals surface area (Å²) in [4.78, 5) is 27.1. The smallest absolute Gasteiger partial charge is 0.313 e. The fraction of sp³-hybridized carbons (Fsp3) is 0.600. The van der Waals surface area contributed by atoms with Gasteiger partial charge >= 0.3 is 5.97 Å². The third-order valence-corrected chi connectivity index (χ3v) is 6.48. The summed E-state index contributed by atoms with van der Waals surface area (Å²) >= 11 is 5.93. The van der Waals surface area contributed by atoms with Gasteiger partial charge in [0.25, 0.3) is 0 Å². The van der Waals surface area contributed by atoms with Crippen molar-refractivity contribution in [3.8, 4) is 0 Å². The number of esters is 1. The van der Waals surface area contributed by atoms with Crippen LogP contribution in [0.4, 0.5) is 0 Å². The number of halogens is 3. The van der Waals surface area contributed by atoms with Gasteiger partial charge in [-0.3, -0.25) is 9.59 Å². The van der Waals surface area contributed by atoms with Crippen LogP contribution >= 0.6 is 36.4 Å². The molecular weight excluding hydrogens is 437 g/mol. The molecule has 3 unspecified atom stereocenters. The molecule has 1 aromatic carbocycles. The largest absolute Gasteiger partial charge is 0.469 e. The summed E-state index contributed by atoms with van der Waals surface area (Å²) in [6.07, 6.45) is 1.98. The third-order valence-electron chi connectivity index (χ3n) is 6.23. The van der Waals surface area contributed by atoms with Crippen LogP contribution < -0.4 is 11.5 Å². The van der Waals surface area contributed by atoms with Crippen LogP contribution in [0.25, 0.3) is 0 Å². The number of hydrogen-bond acceptors (Lipinski definition) is 5. The Labute approximate surface area is 189 Å². The Morgan fingerprint density at radius 3 is 2.17 bits per heavy atom. The van der Waals surface area contributed by atoms with Crippen LogP contribution in [-0.2, 0) is 20.7 Å². The molecule has 6 nitrogen and oxygen atoms in total. The van der Waals surface area contributed by atoms with E-state index in [-0.39, 0.29) is 42.6 Å². The van der Waals surface area contributed by atoms with Crippen LogP contribution in [0.1, 0.15) is 18.4 Å². The first-order chi connectivity index (χ1) is 12.9. The molecule has 3 rings (SSSR count).